The number of hydrogen-bond acceptors (Lipinski definition) is 10. The summed E-state index contributed by atoms with van der Waals surface area (Å²) in [5.41, 5.74) is 1.00. The van der Waals surface area contributed by atoms with E-state index >= 15 is 0 Å². The highest BCUT2D eigenvalue weighted by atomic mass is 79.9. The maximum Gasteiger partial charge on any atom is 0.257 e. The Labute approximate surface area is 261 Å². The topological polar surface area (TPSA) is 108 Å². The average molecular weight is 656 g/mol. The van der Waals surface area contributed by atoms with Gasteiger partial charge in [-0.3, -0.25) is 0 Å². The highest BCUT2D eigenvalue weighted by Crippen LogP contribution is 2.51. The predicted molar refractivity (Wildman–Crippen MR) is 169 cm³/mol. The van der Waals surface area contributed by atoms with Crippen LogP contribution in [0.3, 0.4) is 0 Å². The summed E-state index contributed by atoms with van der Waals surface area (Å²) < 4.78 is 30.0. The van der Waals surface area contributed by atoms with E-state index in [0.717, 1.165) is 15.4 Å². The summed E-state index contributed by atoms with van der Waals surface area (Å²) >= 11 is 3.59. The van der Waals surface area contributed by atoms with Crippen molar-refractivity contribution in [2.24, 2.45) is 0 Å². The Balaban J connectivity index is 2.14. The minimum absolute atomic E-state index is 0.287. The summed E-state index contributed by atoms with van der Waals surface area (Å²) in [5, 5.41) is 14.1. The molecule has 4 rings (SSSR count). The second-order valence-corrected chi connectivity index (χ2v) is 11.1. The Morgan fingerprint density at radius 3 is 2.12 bits per heavy atom. The van der Waals surface area contributed by atoms with Crippen LogP contribution >= 0.6 is 15.9 Å². The van der Waals surface area contributed by atoms with Crippen LogP contribution in [0.25, 0.3) is 10.9 Å². The minimum Gasteiger partial charge on any atom is -0.491 e. The number of ether oxygens (including phenoxy) is 5. The summed E-state index contributed by atoms with van der Waals surface area (Å²) in [4.78, 5) is 15.8. The SMILES string of the molecule is CCOc1cc(C(O)(CCN(C)C)C(c2cc3cc(Br)ccc3nc2OC)c2ccnc(OC)c2OC)cc(OCC)n1. The number of fused-ring (bicyclic) bond motifs is 1. The first-order valence-corrected chi connectivity index (χ1v) is 14.8. The fraction of sp³-hybridized carbons (Fsp3) is 0.406. The Morgan fingerprint density at radius 1 is 0.860 bits per heavy atom. The molecule has 0 bridgehead atoms. The van der Waals surface area contributed by atoms with Crippen LogP contribution in [0, 0.1) is 0 Å². The first-order chi connectivity index (χ1) is 20.7. The molecule has 3 heterocycles. The third-order valence-electron chi connectivity index (χ3n) is 7.17. The molecule has 4 aromatic rings. The third-order valence-corrected chi connectivity index (χ3v) is 7.66. The van der Waals surface area contributed by atoms with Gasteiger partial charge >= 0.3 is 0 Å². The summed E-state index contributed by atoms with van der Waals surface area (Å²) in [5.74, 6) is 0.949. The predicted octanol–water partition coefficient (Wildman–Crippen LogP) is 5.58. The molecule has 230 valence electrons. The normalized spacial score (nSPS) is 13.4. The zero-order valence-electron chi connectivity index (χ0n) is 25.7. The van der Waals surface area contributed by atoms with Crippen molar-refractivity contribution in [1.82, 2.24) is 19.9 Å². The number of hydrogen-bond donors (Lipinski definition) is 1. The van der Waals surface area contributed by atoms with E-state index in [4.69, 9.17) is 28.7 Å². The van der Waals surface area contributed by atoms with Crippen LogP contribution in [0.5, 0.6) is 29.3 Å². The van der Waals surface area contributed by atoms with Gasteiger partial charge in [0.15, 0.2) is 5.75 Å². The van der Waals surface area contributed by atoms with Crippen molar-refractivity contribution in [3.05, 3.63) is 69.8 Å². The van der Waals surface area contributed by atoms with Gasteiger partial charge in [-0.25, -0.2) is 9.97 Å². The van der Waals surface area contributed by atoms with Gasteiger partial charge in [0, 0.05) is 45.9 Å². The number of methoxy groups -OCH3 is 3. The van der Waals surface area contributed by atoms with Crippen molar-refractivity contribution < 1.29 is 28.8 Å². The van der Waals surface area contributed by atoms with Gasteiger partial charge in [0.25, 0.3) is 5.88 Å². The van der Waals surface area contributed by atoms with Gasteiger partial charge in [-0.15, -0.1) is 0 Å². The van der Waals surface area contributed by atoms with Crippen molar-refractivity contribution in [2.45, 2.75) is 31.8 Å². The van der Waals surface area contributed by atoms with Crippen molar-refractivity contribution in [3.8, 4) is 29.3 Å². The van der Waals surface area contributed by atoms with E-state index in [9.17, 15) is 5.11 Å². The van der Waals surface area contributed by atoms with Crippen LogP contribution in [0.2, 0.25) is 0 Å². The third kappa shape index (κ3) is 6.95. The summed E-state index contributed by atoms with van der Waals surface area (Å²) in [7, 11) is 8.58. The second-order valence-electron chi connectivity index (χ2n) is 10.2. The number of nitrogens with zero attached hydrogens (tertiary/aromatic N) is 4. The van der Waals surface area contributed by atoms with Crippen molar-refractivity contribution in [3.63, 3.8) is 0 Å². The quantitative estimate of drug-likeness (QED) is 0.185. The molecule has 0 saturated heterocycles. The molecular formula is C32H39BrN4O6. The lowest BCUT2D eigenvalue weighted by molar-refractivity contribution is 0.00255. The molecule has 0 amide bonds. The van der Waals surface area contributed by atoms with Gasteiger partial charge in [0.1, 0.15) is 5.60 Å². The molecule has 0 spiro atoms. The van der Waals surface area contributed by atoms with E-state index in [2.05, 4.69) is 25.9 Å². The Kier molecular flexibility index (Phi) is 10.6. The molecule has 3 aromatic heterocycles. The van der Waals surface area contributed by atoms with E-state index in [1.165, 1.54) is 7.11 Å². The maximum atomic E-state index is 13.2. The zero-order valence-corrected chi connectivity index (χ0v) is 27.3. The van der Waals surface area contributed by atoms with Gasteiger partial charge in [0.2, 0.25) is 17.6 Å². The fourth-order valence-corrected chi connectivity index (χ4v) is 5.62. The largest absolute Gasteiger partial charge is 0.491 e. The maximum absolute atomic E-state index is 13.2. The molecule has 0 aliphatic heterocycles. The van der Waals surface area contributed by atoms with Crippen LogP contribution in [0.1, 0.15) is 42.9 Å². The molecule has 1 N–H and O–H groups in total. The molecule has 0 radical (unpaired) electrons. The first-order valence-electron chi connectivity index (χ1n) is 14.0. The lowest BCUT2D eigenvalue weighted by Crippen LogP contribution is -2.38. The highest BCUT2D eigenvalue weighted by molar-refractivity contribution is 9.10. The highest BCUT2D eigenvalue weighted by Gasteiger charge is 2.45. The molecule has 2 atom stereocenters. The van der Waals surface area contributed by atoms with E-state index in [1.54, 1.807) is 32.5 Å². The van der Waals surface area contributed by atoms with Crippen molar-refractivity contribution >= 4 is 26.8 Å². The van der Waals surface area contributed by atoms with Gasteiger partial charge in [-0.1, -0.05) is 15.9 Å². The van der Waals surface area contributed by atoms with Crippen LogP contribution in [0.15, 0.2) is 53.1 Å². The Morgan fingerprint density at radius 2 is 1.53 bits per heavy atom. The summed E-state index contributed by atoms with van der Waals surface area (Å²) in [6.07, 6.45) is 1.94. The van der Waals surface area contributed by atoms with Crippen LogP contribution in [0.4, 0.5) is 0 Å². The van der Waals surface area contributed by atoms with Crippen LogP contribution in [-0.4, -0.2) is 80.1 Å². The molecule has 43 heavy (non-hydrogen) atoms. The van der Waals surface area contributed by atoms with Gasteiger partial charge in [0.05, 0.1) is 46.0 Å². The van der Waals surface area contributed by atoms with Gasteiger partial charge < -0.3 is 33.7 Å². The monoisotopic (exact) mass is 654 g/mol. The van der Waals surface area contributed by atoms with E-state index in [0.29, 0.717) is 66.3 Å². The van der Waals surface area contributed by atoms with Crippen molar-refractivity contribution in [2.75, 3.05) is 55.2 Å². The summed E-state index contributed by atoms with van der Waals surface area (Å²) in [6.45, 7) is 5.10. The standard InChI is InChI=1S/C32H39BrN4O6/c1-8-42-26-18-21(19-27(36-26)43-9-2)32(38,13-15-37(3)4)28(23-12-14-34-31(41-7)29(23)39-5)24-17-20-16-22(33)10-11-25(20)35-30(24)40-6/h10-12,14,16-19,28,38H,8-9,13,15H2,1-7H3. The molecule has 2 unspecified atom stereocenters. The lowest BCUT2D eigenvalue weighted by atomic mass is 9.71. The number of pyridine rings is 3. The molecule has 1 aromatic carbocycles. The number of rotatable bonds is 14. The fourth-order valence-electron chi connectivity index (χ4n) is 5.24. The Bertz CT molecular complexity index is 1530. The molecule has 0 saturated carbocycles. The average Bonchev–Trinajstić information content (AvgIpc) is 2.99. The molecule has 0 aliphatic rings. The second kappa shape index (κ2) is 14.2. The van der Waals surface area contributed by atoms with E-state index in [-0.39, 0.29) is 5.88 Å². The molecule has 0 fully saturated rings. The first kappa shape index (κ1) is 32.2. The van der Waals surface area contributed by atoms with Crippen molar-refractivity contribution in [1.29, 1.82) is 0 Å². The molecule has 11 heteroatoms. The minimum atomic E-state index is -1.58. The molecule has 10 nitrogen and oxygen atoms in total. The van der Waals surface area contributed by atoms with Crippen LogP contribution < -0.4 is 23.7 Å². The van der Waals surface area contributed by atoms with Gasteiger partial charge in [-0.05, 0) is 70.3 Å². The van der Waals surface area contributed by atoms with Gasteiger partial charge in [-0.2, -0.15) is 4.98 Å². The Hall–Kier alpha value is -3.67. The molecule has 0 aliphatic carbocycles. The summed E-state index contributed by atoms with van der Waals surface area (Å²) in [6, 6.07) is 13.2. The number of benzene rings is 1. The lowest BCUT2D eigenvalue weighted by Gasteiger charge is -2.39. The zero-order chi connectivity index (χ0) is 31.1. The smallest absolute Gasteiger partial charge is 0.257 e. The van der Waals surface area contributed by atoms with E-state index < -0.39 is 11.5 Å². The molecular weight excluding hydrogens is 616 g/mol. The number of aromatic nitrogens is 3. The van der Waals surface area contributed by atoms with E-state index in [1.807, 2.05) is 63.2 Å². The number of aliphatic hydroxyl groups is 1. The number of halogens is 1. The van der Waals surface area contributed by atoms with Crippen LogP contribution in [-0.2, 0) is 5.60 Å².